The number of nitrogens with one attached hydrogen (secondary N) is 1. The number of sulfone groups is 1. The minimum atomic E-state index is -3.52. The molecule has 8 heteroatoms. The van der Waals surface area contributed by atoms with E-state index in [9.17, 15) is 13.2 Å². The fourth-order valence-electron chi connectivity index (χ4n) is 2.97. The first-order valence-corrected chi connectivity index (χ1v) is 11.4. The van der Waals surface area contributed by atoms with Crippen molar-refractivity contribution >= 4 is 15.7 Å². The third-order valence-corrected chi connectivity index (χ3v) is 6.49. The number of hydrogen-bond acceptors (Lipinski definition) is 6. The molecule has 7 nitrogen and oxygen atoms in total. The molecular formula is C22H29NO6S. The average molecular weight is 436 g/mol. The molecule has 1 unspecified atom stereocenters. The van der Waals surface area contributed by atoms with Crippen LogP contribution in [-0.2, 0) is 14.6 Å². The molecular weight excluding hydrogens is 406 g/mol. The predicted molar refractivity (Wildman–Crippen MR) is 115 cm³/mol. The Bertz CT molecular complexity index is 958. The van der Waals surface area contributed by atoms with Crippen molar-refractivity contribution in [2.75, 3.05) is 33.2 Å². The van der Waals surface area contributed by atoms with Crippen molar-refractivity contribution in [3.05, 3.63) is 53.6 Å². The van der Waals surface area contributed by atoms with Crippen LogP contribution in [0.1, 0.15) is 42.2 Å². The summed E-state index contributed by atoms with van der Waals surface area (Å²) in [6.45, 7) is 4.46. The molecule has 0 saturated heterocycles. The van der Waals surface area contributed by atoms with E-state index in [0.717, 1.165) is 5.56 Å². The van der Waals surface area contributed by atoms with Gasteiger partial charge in [0.25, 0.3) is 5.91 Å². The molecule has 0 bridgehead atoms. The molecule has 2 aromatic rings. The van der Waals surface area contributed by atoms with Gasteiger partial charge in [-0.15, -0.1) is 0 Å². The molecule has 0 saturated carbocycles. The zero-order chi connectivity index (χ0) is 22.1. The molecule has 0 aliphatic carbocycles. The molecule has 30 heavy (non-hydrogen) atoms. The zero-order valence-electron chi connectivity index (χ0n) is 17.8. The van der Waals surface area contributed by atoms with Gasteiger partial charge in [0.05, 0.1) is 36.0 Å². The smallest absolute Gasteiger partial charge is 0.253 e. The lowest BCUT2D eigenvalue weighted by atomic mass is 10.1. The summed E-state index contributed by atoms with van der Waals surface area (Å²) < 4.78 is 41.0. The van der Waals surface area contributed by atoms with Crippen LogP contribution >= 0.6 is 0 Å². The summed E-state index contributed by atoms with van der Waals surface area (Å²) in [6.07, 6.45) is 0.479. The molecule has 0 spiro atoms. The van der Waals surface area contributed by atoms with Gasteiger partial charge >= 0.3 is 0 Å². The Morgan fingerprint density at radius 2 is 1.80 bits per heavy atom. The molecule has 0 radical (unpaired) electrons. The summed E-state index contributed by atoms with van der Waals surface area (Å²) in [5.41, 5.74) is 0.942. The minimum absolute atomic E-state index is 0.00538. The van der Waals surface area contributed by atoms with Crippen molar-refractivity contribution in [1.29, 1.82) is 0 Å². The van der Waals surface area contributed by atoms with Crippen molar-refractivity contribution in [3.63, 3.8) is 0 Å². The topological polar surface area (TPSA) is 90.9 Å². The van der Waals surface area contributed by atoms with Crippen LogP contribution in [0.5, 0.6) is 11.5 Å². The van der Waals surface area contributed by atoms with Gasteiger partial charge in [0.15, 0.2) is 21.3 Å². The van der Waals surface area contributed by atoms with E-state index in [-0.39, 0.29) is 22.3 Å². The fraction of sp³-hybridized carbons (Fsp3) is 0.409. The number of carbonyl (C=O) groups is 1. The fourth-order valence-corrected chi connectivity index (χ4v) is 4.51. The first-order chi connectivity index (χ1) is 14.3. The Hall–Kier alpha value is -2.58. The summed E-state index contributed by atoms with van der Waals surface area (Å²) in [7, 11) is -0.383. The minimum Gasteiger partial charge on any atom is -0.493 e. The van der Waals surface area contributed by atoms with Gasteiger partial charge in [0, 0.05) is 7.11 Å². The Labute approximate surface area is 178 Å². The van der Waals surface area contributed by atoms with Crippen molar-refractivity contribution in [1.82, 2.24) is 5.32 Å². The van der Waals surface area contributed by atoms with E-state index < -0.39 is 15.7 Å². The van der Waals surface area contributed by atoms with E-state index >= 15 is 0 Å². The molecule has 1 N–H and O–H groups in total. The SMILES string of the molecule is CCCS(=O)(=O)c1ccccc1C(=O)NC(C)c1ccc(OCCOC)c(OC)c1. The van der Waals surface area contributed by atoms with Gasteiger partial charge in [-0.1, -0.05) is 25.1 Å². The van der Waals surface area contributed by atoms with Crippen LogP contribution in [0.25, 0.3) is 0 Å². The van der Waals surface area contributed by atoms with Crippen LogP contribution in [-0.4, -0.2) is 47.5 Å². The highest BCUT2D eigenvalue weighted by Crippen LogP contribution is 2.30. The van der Waals surface area contributed by atoms with Gasteiger partial charge in [0.1, 0.15) is 6.61 Å². The van der Waals surface area contributed by atoms with Crippen LogP contribution in [0.15, 0.2) is 47.4 Å². The van der Waals surface area contributed by atoms with Crippen LogP contribution in [0.3, 0.4) is 0 Å². The Kier molecular flexibility index (Phi) is 8.68. The lowest BCUT2D eigenvalue weighted by Crippen LogP contribution is -2.28. The van der Waals surface area contributed by atoms with Crippen molar-refractivity contribution in [2.45, 2.75) is 31.2 Å². The van der Waals surface area contributed by atoms with Gasteiger partial charge < -0.3 is 19.5 Å². The number of amides is 1. The second kappa shape index (κ2) is 11.0. The number of rotatable bonds is 11. The predicted octanol–water partition coefficient (Wildman–Crippen LogP) is 3.40. The molecule has 0 fully saturated rings. The van der Waals surface area contributed by atoms with Crippen molar-refractivity contribution < 1.29 is 27.4 Å². The average Bonchev–Trinajstić information content (AvgIpc) is 2.74. The molecule has 2 rings (SSSR count). The second-order valence-corrected chi connectivity index (χ2v) is 8.84. The van der Waals surface area contributed by atoms with E-state index in [2.05, 4.69) is 5.32 Å². The Morgan fingerprint density at radius 3 is 2.47 bits per heavy atom. The second-order valence-electron chi connectivity index (χ2n) is 6.76. The highest BCUT2D eigenvalue weighted by Gasteiger charge is 2.22. The molecule has 0 heterocycles. The first kappa shape index (κ1) is 23.7. The number of carbonyl (C=O) groups excluding carboxylic acids is 1. The molecule has 2 aromatic carbocycles. The monoisotopic (exact) mass is 435 g/mol. The van der Waals surface area contributed by atoms with Gasteiger partial charge in [-0.25, -0.2) is 8.42 Å². The molecule has 164 valence electrons. The maximum Gasteiger partial charge on any atom is 0.253 e. The standard InChI is InChI=1S/C22H29NO6S/c1-5-14-30(25,26)21-9-7-6-8-18(21)22(24)23-16(2)17-10-11-19(20(15-17)28-4)29-13-12-27-3/h6-11,15-16H,5,12-14H2,1-4H3,(H,23,24). The van der Waals surface area contributed by atoms with Crippen molar-refractivity contribution in [3.8, 4) is 11.5 Å². The van der Waals surface area contributed by atoms with E-state index in [1.165, 1.54) is 12.1 Å². The molecule has 1 atom stereocenters. The van der Waals surface area contributed by atoms with Gasteiger partial charge in [0.2, 0.25) is 0 Å². The first-order valence-electron chi connectivity index (χ1n) is 9.76. The number of benzene rings is 2. The summed E-state index contributed by atoms with van der Waals surface area (Å²) in [5.74, 6) is 0.662. The van der Waals surface area contributed by atoms with E-state index in [4.69, 9.17) is 14.2 Å². The third-order valence-electron chi connectivity index (χ3n) is 4.52. The van der Waals surface area contributed by atoms with Crippen LogP contribution < -0.4 is 14.8 Å². The quantitative estimate of drug-likeness (QED) is 0.544. The van der Waals surface area contributed by atoms with Crippen LogP contribution in [0, 0.1) is 0 Å². The van der Waals surface area contributed by atoms with Gasteiger partial charge in [-0.05, 0) is 43.2 Å². The highest BCUT2D eigenvalue weighted by molar-refractivity contribution is 7.91. The number of methoxy groups -OCH3 is 2. The van der Waals surface area contributed by atoms with Crippen LogP contribution in [0.2, 0.25) is 0 Å². The summed E-state index contributed by atoms with van der Waals surface area (Å²) in [5, 5.41) is 2.87. The summed E-state index contributed by atoms with van der Waals surface area (Å²) in [6, 6.07) is 11.3. The zero-order valence-corrected chi connectivity index (χ0v) is 18.6. The lowest BCUT2D eigenvalue weighted by molar-refractivity contribution is 0.0936. The van der Waals surface area contributed by atoms with Crippen molar-refractivity contribution in [2.24, 2.45) is 0 Å². The van der Waals surface area contributed by atoms with Gasteiger partial charge in [-0.2, -0.15) is 0 Å². The van der Waals surface area contributed by atoms with E-state index in [1.807, 2.05) is 13.0 Å². The number of hydrogen-bond donors (Lipinski definition) is 1. The van der Waals surface area contributed by atoms with E-state index in [1.54, 1.807) is 45.4 Å². The normalized spacial score (nSPS) is 12.3. The summed E-state index contributed by atoms with van der Waals surface area (Å²) >= 11 is 0. The number of ether oxygens (including phenoxy) is 3. The highest BCUT2D eigenvalue weighted by atomic mass is 32.2. The largest absolute Gasteiger partial charge is 0.493 e. The third kappa shape index (κ3) is 5.96. The molecule has 0 aromatic heterocycles. The van der Waals surface area contributed by atoms with Gasteiger partial charge in [-0.3, -0.25) is 4.79 Å². The summed E-state index contributed by atoms with van der Waals surface area (Å²) in [4.78, 5) is 12.9. The van der Waals surface area contributed by atoms with E-state index in [0.29, 0.717) is 31.1 Å². The van der Waals surface area contributed by atoms with Crippen LogP contribution in [0.4, 0.5) is 0 Å². The maximum atomic E-state index is 12.9. The lowest BCUT2D eigenvalue weighted by Gasteiger charge is -2.18. The molecule has 0 aliphatic rings. The maximum absolute atomic E-state index is 12.9. The molecule has 1 amide bonds. The Balaban J connectivity index is 2.21. The molecule has 0 aliphatic heterocycles. The Morgan fingerprint density at radius 1 is 1.07 bits per heavy atom.